The molecule has 0 unspecified atom stereocenters. The number of aryl methyl sites for hydroxylation is 1. The molecule has 0 aliphatic rings. The lowest BCUT2D eigenvalue weighted by molar-refractivity contribution is 0.0953. The summed E-state index contributed by atoms with van der Waals surface area (Å²) >= 11 is 11.8. The lowest BCUT2D eigenvalue weighted by atomic mass is 10.2. The van der Waals surface area contributed by atoms with E-state index in [9.17, 15) is 4.79 Å². The number of unbranched alkanes of at least 4 members (excludes halogenated alkanes) is 1. The average Bonchev–Trinajstić information content (AvgIpc) is 2.96. The van der Waals surface area contributed by atoms with Crippen LogP contribution in [0.3, 0.4) is 0 Å². The highest BCUT2D eigenvalue weighted by atomic mass is 35.5. The Hall–Kier alpha value is -1.72. The number of anilines is 1. The second-order valence-electron chi connectivity index (χ2n) is 4.62. The number of amides is 1. The predicted octanol–water partition coefficient (Wildman–Crippen LogP) is 2.98. The van der Waals surface area contributed by atoms with Crippen molar-refractivity contribution in [3.05, 3.63) is 46.5 Å². The van der Waals surface area contributed by atoms with Crippen LogP contribution >= 0.6 is 23.2 Å². The zero-order chi connectivity index (χ0) is 15.2. The molecule has 0 spiro atoms. The van der Waals surface area contributed by atoms with Gasteiger partial charge in [-0.15, -0.1) is 0 Å². The minimum absolute atomic E-state index is 0.207. The van der Waals surface area contributed by atoms with E-state index in [1.807, 2.05) is 10.8 Å². The maximum Gasteiger partial charge on any atom is 0.251 e. The minimum atomic E-state index is -0.207. The highest BCUT2D eigenvalue weighted by Gasteiger charge is 2.10. The predicted molar refractivity (Wildman–Crippen MR) is 84.7 cm³/mol. The van der Waals surface area contributed by atoms with Gasteiger partial charge in [-0.2, -0.15) is 0 Å². The van der Waals surface area contributed by atoms with Gasteiger partial charge in [-0.25, -0.2) is 4.98 Å². The summed E-state index contributed by atoms with van der Waals surface area (Å²) in [7, 11) is 0. The van der Waals surface area contributed by atoms with E-state index in [1.54, 1.807) is 12.5 Å². The lowest BCUT2D eigenvalue weighted by Gasteiger charge is -2.08. The second-order valence-corrected chi connectivity index (χ2v) is 5.43. The Labute approximate surface area is 133 Å². The molecule has 0 atom stereocenters. The van der Waals surface area contributed by atoms with Crippen molar-refractivity contribution in [2.45, 2.75) is 19.4 Å². The molecule has 3 N–H and O–H groups in total. The Balaban J connectivity index is 1.77. The van der Waals surface area contributed by atoms with Gasteiger partial charge in [-0.1, -0.05) is 23.2 Å². The normalized spacial score (nSPS) is 10.6. The fourth-order valence-electron chi connectivity index (χ4n) is 1.86. The molecular formula is C14H16Cl2N4O. The molecule has 2 rings (SSSR count). The van der Waals surface area contributed by atoms with E-state index in [-0.39, 0.29) is 21.6 Å². The molecule has 1 amide bonds. The number of imidazole rings is 1. The summed E-state index contributed by atoms with van der Waals surface area (Å²) in [5, 5.41) is 3.40. The van der Waals surface area contributed by atoms with E-state index < -0.39 is 0 Å². The summed E-state index contributed by atoms with van der Waals surface area (Å²) in [4.78, 5) is 15.9. The standard InChI is InChI=1S/C14H16Cl2N4O/c15-11-7-10(8-12(16)13(11)17)14(21)19-3-1-2-5-20-6-4-18-9-20/h4,6-9H,1-3,5,17H2,(H,19,21). The van der Waals surface area contributed by atoms with Gasteiger partial charge in [-0.05, 0) is 25.0 Å². The van der Waals surface area contributed by atoms with Crippen molar-refractivity contribution in [1.29, 1.82) is 0 Å². The number of nitrogens with one attached hydrogen (secondary N) is 1. The SMILES string of the molecule is Nc1c(Cl)cc(C(=O)NCCCCn2ccnc2)cc1Cl. The fourth-order valence-corrected chi connectivity index (χ4v) is 2.34. The highest BCUT2D eigenvalue weighted by molar-refractivity contribution is 6.39. The van der Waals surface area contributed by atoms with Crippen LogP contribution in [0.2, 0.25) is 10.0 Å². The summed E-state index contributed by atoms with van der Waals surface area (Å²) in [6.07, 6.45) is 7.27. The molecular weight excluding hydrogens is 311 g/mol. The summed E-state index contributed by atoms with van der Waals surface area (Å²) in [6.45, 7) is 1.47. The molecule has 0 saturated heterocycles. The smallest absolute Gasteiger partial charge is 0.251 e. The summed E-state index contributed by atoms with van der Waals surface area (Å²) < 4.78 is 2.00. The van der Waals surface area contributed by atoms with Crippen LogP contribution in [-0.4, -0.2) is 22.0 Å². The first-order chi connectivity index (χ1) is 10.1. The van der Waals surface area contributed by atoms with Gasteiger partial charge in [-0.3, -0.25) is 4.79 Å². The van der Waals surface area contributed by atoms with Crippen LogP contribution in [0.15, 0.2) is 30.9 Å². The fraction of sp³-hybridized carbons (Fsp3) is 0.286. The number of nitrogens with zero attached hydrogens (tertiary/aromatic N) is 2. The van der Waals surface area contributed by atoms with Crippen LogP contribution in [-0.2, 0) is 6.54 Å². The summed E-state index contributed by atoms with van der Waals surface area (Å²) in [6, 6.07) is 3.03. The van der Waals surface area contributed by atoms with E-state index in [0.717, 1.165) is 19.4 Å². The van der Waals surface area contributed by atoms with Crippen LogP contribution in [0.25, 0.3) is 0 Å². The van der Waals surface area contributed by atoms with E-state index >= 15 is 0 Å². The van der Waals surface area contributed by atoms with Crippen molar-refractivity contribution in [1.82, 2.24) is 14.9 Å². The number of nitrogen functional groups attached to an aromatic ring is 1. The van der Waals surface area contributed by atoms with Crippen LogP contribution in [0.5, 0.6) is 0 Å². The second kappa shape index (κ2) is 7.33. The number of halogens is 2. The first-order valence-electron chi connectivity index (χ1n) is 6.56. The summed E-state index contributed by atoms with van der Waals surface area (Å²) in [5.74, 6) is -0.207. The van der Waals surface area contributed by atoms with Crippen molar-refractivity contribution < 1.29 is 4.79 Å². The van der Waals surface area contributed by atoms with Crippen LogP contribution < -0.4 is 11.1 Å². The van der Waals surface area contributed by atoms with Crippen LogP contribution in [0.1, 0.15) is 23.2 Å². The third kappa shape index (κ3) is 4.37. The molecule has 0 radical (unpaired) electrons. The highest BCUT2D eigenvalue weighted by Crippen LogP contribution is 2.28. The monoisotopic (exact) mass is 326 g/mol. The van der Waals surface area contributed by atoms with E-state index in [0.29, 0.717) is 12.1 Å². The Morgan fingerprint density at radius 2 is 2.00 bits per heavy atom. The molecule has 0 bridgehead atoms. The lowest BCUT2D eigenvalue weighted by Crippen LogP contribution is -2.24. The molecule has 1 aromatic carbocycles. The average molecular weight is 327 g/mol. The van der Waals surface area contributed by atoms with E-state index in [1.165, 1.54) is 12.1 Å². The van der Waals surface area contributed by atoms with Gasteiger partial charge in [0.15, 0.2) is 0 Å². The molecule has 1 aromatic heterocycles. The molecule has 21 heavy (non-hydrogen) atoms. The van der Waals surface area contributed by atoms with Crippen molar-refractivity contribution in [3.63, 3.8) is 0 Å². The van der Waals surface area contributed by atoms with Crippen LogP contribution in [0.4, 0.5) is 5.69 Å². The molecule has 0 saturated carbocycles. The van der Waals surface area contributed by atoms with Gasteiger partial charge < -0.3 is 15.6 Å². The van der Waals surface area contributed by atoms with Crippen molar-refractivity contribution in [2.24, 2.45) is 0 Å². The number of nitrogens with two attached hydrogens (primary N) is 1. The molecule has 0 aliphatic carbocycles. The Morgan fingerprint density at radius 1 is 1.29 bits per heavy atom. The van der Waals surface area contributed by atoms with Crippen molar-refractivity contribution >= 4 is 34.8 Å². The third-order valence-electron chi connectivity index (χ3n) is 3.03. The van der Waals surface area contributed by atoms with Crippen LogP contribution in [0, 0.1) is 0 Å². The maximum absolute atomic E-state index is 12.0. The number of hydrogen-bond acceptors (Lipinski definition) is 3. The largest absolute Gasteiger partial charge is 0.396 e. The van der Waals surface area contributed by atoms with Gasteiger partial charge in [0, 0.05) is 31.0 Å². The number of carbonyl (C=O) groups is 1. The van der Waals surface area contributed by atoms with E-state index in [2.05, 4.69) is 10.3 Å². The van der Waals surface area contributed by atoms with Gasteiger partial charge in [0.2, 0.25) is 0 Å². The number of rotatable bonds is 6. The van der Waals surface area contributed by atoms with Gasteiger partial charge >= 0.3 is 0 Å². The molecule has 5 nitrogen and oxygen atoms in total. The van der Waals surface area contributed by atoms with Crippen molar-refractivity contribution in [2.75, 3.05) is 12.3 Å². The maximum atomic E-state index is 12.0. The molecule has 0 aliphatic heterocycles. The van der Waals surface area contributed by atoms with E-state index in [4.69, 9.17) is 28.9 Å². The topological polar surface area (TPSA) is 72.9 Å². The summed E-state index contributed by atoms with van der Waals surface area (Å²) in [5.41, 5.74) is 6.33. The molecule has 112 valence electrons. The molecule has 0 fully saturated rings. The Bertz CT molecular complexity index is 590. The molecule has 7 heteroatoms. The van der Waals surface area contributed by atoms with Gasteiger partial charge in [0.25, 0.3) is 5.91 Å². The minimum Gasteiger partial charge on any atom is -0.396 e. The number of aromatic nitrogens is 2. The first kappa shape index (κ1) is 15.7. The zero-order valence-electron chi connectivity index (χ0n) is 11.4. The number of carbonyl (C=O) groups excluding carboxylic acids is 1. The quantitative estimate of drug-likeness (QED) is 0.633. The first-order valence-corrected chi connectivity index (χ1v) is 7.32. The Kier molecular flexibility index (Phi) is 5.47. The van der Waals surface area contributed by atoms with Crippen molar-refractivity contribution in [3.8, 4) is 0 Å². The zero-order valence-corrected chi connectivity index (χ0v) is 12.9. The third-order valence-corrected chi connectivity index (χ3v) is 3.65. The van der Waals surface area contributed by atoms with Gasteiger partial charge in [0.05, 0.1) is 22.1 Å². The molecule has 1 heterocycles. The molecule has 2 aromatic rings. The number of benzene rings is 1. The van der Waals surface area contributed by atoms with Gasteiger partial charge in [0.1, 0.15) is 0 Å². The number of hydrogen-bond donors (Lipinski definition) is 2. The Morgan fingerprint density at radius 3 is 2.62 bits per heavy atom.